The first kappa shape index (κ1) is 20.9. The quantitative estimate of drug-likeness (QED) is 0.653. The molecule has 33 heavy (non-hydrogen) atoms. The number of carbonyl (C=O) groups is 2. The number of fused-ring (bicyclic) bond motifs is 4. The minimum absolute atomic E-state index is 0.0732. The average molecular weight is 444 g/mol. The first-order valence-corrected chi connectivity index (χ1v) is 11.0. The van der Waals surface area contributed by atoms with Gasteiger partial charge in [0.15, 0.2) is 6.61 Å². The number of anilines is 1. The summed E-state index contributed by atoms with van der Waals surface area (Å²) in [7, 11) is 0. The van der Waals surface area contributed by atoms with Crippen molar-refractivity contribution in [3.05, 3.63) is 88.6 Å². The zero-order valence-electron chi connectivity index (χ0n) is 18.0. The van der Waals surface area contributed by atoms with Gasteiger partial charge in [-0.2, -0.15) is 0 Å². The van der Waals surface area contributed by atoms with Crippen molar-refractivity contribution in [2.45, 2.75) is 18.9 Å². The van der Waals surface area contributed by atoms with E-state index < -0.39 is 0 Å². The van der Waals surface area contributed by atoms with Crippen molar-refractivity contribution >= 4 is 17.5 Å². The molecular weight excluding hydrogens is 420 g/mol. The van der Waals surface area contributed by atoms with Gasteiger partial charge in [-0.1, -0.05) is 24.3 Å². The molecule has 3 aromatic rings. The molecule has 0 aliphatic carbocycles. The fourth-order valence-electron chi connectivity index (χ4n) is 4.71. The summed E-state index contributed by atoms with van der Waals surface area (Å²) < 4.78 is 7.21. The second kappa shape index (κ2) is 8.90. The molecule has 2 amide bonds. The van der Waals surface area contributed by atoms with Crippen LogP contribution in [-0.4, -0.2) is 46.0 Å². The van der Waals surface area contributed by atoms with Crippen molar-refractivity contribution < 1.29 is 14.3 Å². The van der Waals surface area contributed by atoms with E-state index in [1.54, 1.807) is 47.2 Å². The predicted molar refractivity (Wildman–Crippen MR) is 122 cm³/mol. The van der Waals surface area contributed by atoms with E-state index in [-0.39, 0.29) is 41.5 Å². The molecule has 1 saturated heterocycles. The third kappa shape index (κ3) is 4.37. The molecule has 2 aromatic heterocycles. The number of piperidine rings is 1. The monoisotopic (exact) mass is 444 g/mol. The summed E-state index contributed by atoms with van der Waals surface area (Å²) in [6.07, 6.45) is 2.55. The maximum absolute atomic E-state index is 13.1. The molecular formula is C25H24N4O4. The molecule has 5 rings (SSSR count). The molecule has 8 nitrogen and oxygen atoms in total. The molecule has 2 aliphatic rings. The number of hydrogen-bond donors (Lipinski definition) is 1. The van der Waals surface area contributed by atoms with E-state index in [4.69, 9.17) is 4.74 Å². The van der Waals surface area contributed by atoms with Gasteiger partial charge in [-0.3, -0.25) is 19.4 Å². The molecule has 2 bridgehead atoms. The highest BCUT2D eigenvalue weighted by Gasteiger charge is 2.37. The van der Waals surface area contributed by atoms with Crippen LogP contribution in [0.1, 0.15) is 28.5 Å². The van der Waals surface area contributed by atoms with Crippen LogP contribution in [-0.2, 0) is 11.3 Å². The van der Waals surface area contributed by atoms with Gasteiger partial charge in [-0.15, -0.1) is 0 Å². The number of rotatable bonds is 5. The fraction of sp³-hybridized carbons (Fsp3) is 0.280. The van der Waals surface area contributed by atoms with Gasteiger partial charge in [0.05, 0.1) is 0 Å². The van der Waals surface area contributed by atoms with E-state index in [9.17, 15) is 14.4 Å². The van der Waals surface area contributed by atoms with Gasteiger partial charge < -0.3 is 19.5 Å². The maximum atomic E-state index is 13.1. The van der Waals surface area contributed by atoms with E-state index in [1.807, 2.05) is 29.2 Å². The molecule has 0 saturated carbocycles. The highest BCUT2D eigenvalue weighted by Crippen LogP contribution is 2.35. The molecule has 1 aromatic carbocycles. The maximum Gasteiger partial charge on any atom is 0.274 e. The number of nitrogens with zero attached hydrogens (tertiary/aromatic N) is 3. The largest absolute Gasteiger partial charge is 0.484 e. The third-order valence-corrected chi connectivity index (χ3v) is 6.16. The van der Waals surface area contributed by atoms with Crippen molar-refractivity contribution in [2.75, 3.05) is 25.0 Å². The lowest BCUT2D eigenvalue weighted by molar-refractivity contribution is -0.118. The van der Waals surface area contributed by atoms with Crippen molar-refractivity contribution in [1.29, 1.82) is 0 Å². The SMILES string of the molecule is O=C(COc1ccccc1)Nc1ccc2n(c1=O)C[C@H]1C[C@@H]2CN(C(=O)c2ccccn2)C1. The van der Waals surface area contributed by atoms with E-state index in [1.165, 1.54) is 0 Å². The molecule has 1 N–H and O–H groups in total. The van der Waals surface area contributed by atoms with E-state index in [0.29, 0.717) is 31.1 Å². The summed E-state index contributed by atoms with van der Waals surface area (Å²) >= 11 is 0. The number of amides is 2. The van der Waals surface area contributed by atoms with Gasteiger partial charge in [-0.25, -0.2) is 0 Å². The van der Waals surface area contributed by atoms with E-state index >= 15 is 0 Å². The number of nitrogens with one attached hydrogen (secondary N) is 1. The van der Waals surface area contributed by atoms with Crippen LogP contribution >= 0.6 is 0 Å². The zero-order chi connectivity index (χ0) is 22.8. The zero-order valence-corrected chi connectivity index (χ0v) is 18.0. The minimum Gasteiger partial charge on any atom is -0.484 e. The Bertz CT molecular complexity index is 1230. The summed E-state index contributed by atoms with van der Waals surface area (Å²) in [5.74, 6) is 0.369. The lowest BCUT2D eigenvalue weighted by Gasteiger charge is -2.42. The fourth-order valence-corrected chi connectivity index (χ4v) is 4.71. The number of para-hydroxylation sites is 1. The summed E-state index contributed by atoms with van der Waals surface area (Å²) in [5.41, 5.74) is 1.35. The van der Waals surface area contributed by atoms with Gasteiger partial charge in [0, 0.05) is 37.4 Å². The Morgan fingerprint density at radius 1 is 1.00 bits per heavy atom. The van der Waals surface area contributed by atoms with Gasteiger partial charge in [0.2, 0.25) is 0 Å². The molecule has 0 spiro atoms. The number of aromatic nitrogens is 2. The molecule has 2 aliphatic heterocycles. The lowest BCUT2D eigenvalue weighted by Crippen LogP contribution is -2.49. The Morgan fingerprint density at radius 3 is 2.61 bits per heavy atom. The number of hydrogen-bond acceptors (Lipinski definition) is 5. The Labute approximate surface area is 190 Å². The normalized spacial score (nSPS) is 18.8. The highest BCUT2D eigenvalue weighted by molar-refractivity contribution is 5.92. The average Bonchev–Trinajstić information content (AvgIpc) is 2.85. The van der Waals surface area contributed by atoms with Crippen molar-refractivity contribution in [3.63, 3.8) is 0 Å². The summed E-state index contributed by atoms with van der Waals surface area (Å²) in [5, 5.41) is 2.67. The smallest absolute Gasteiger partial charge is 0.274 e. The van der Waals surface area contributed by atoms with Crippen LogP contribution in [0.25, 0.3) is 0 Å². The van der Waals surface area contributed by atoms with Gasteiger partial charge in [-0.05, 0) is 48.7 Å². The summed E-state index contributed by atoms with van der Waals surface area (Å²) in [4.78, 5) is 44.3. The number of benzene rings is 1. The van der Waals surface area contributed by atoms with Crippen LogP contribution in [0.5, 0.6) is 5.75 Å². The van der Waals surface area contributed by atoms with Gasteiger partial charge in [0.25, 0.3) is 17.4 Å². The van der Waals surface area contributed by atoms with Crippen LogP contribution < -0.4 is 15.6 Å². The Kier molecular flexibility index (Phi) is 5.64. The van der Waals surface area contributed by atoms with Crippen LogP contribution in [0.2, 0.25) is 0 Å². The first-order chi connectivity index (χ1) is 16.1. The van der Waals surface area contributed by atoms with E-state index in [0.717, 1.165) is 12.1 Å². The topological polar surface area (TPSA) is 93.5 Å². The van der Waals surface area contributed by atoms with Crippen LogP contribution in [0, 0.1) is 5.92 Å². The lowest BCUT2D eigenvalue weighted by atomic mass is 9.83. The van der Waals surface area contributed by atoms with E-state index in [2.05, 4.69) is 10.3 Å². The Hall–Kier alpha value is -3.94. The standard InChI is InChI=1S/C25H24N4O4/c30-23(16-33-19-6-2-1-3-7-19)27-21-9-10-22-18-12-17(14-29(22)25(21)32)13-28(15-18)24(31)20-8-4-5-11-26-20/h1-11,17-18H,12-16H2,(H,27,30)/t17-,18+/m0/s1. The molecule has 168 valence electrons. The number of ether oxygens (including phenoxy) is 1. The number of carbonyl (C=O) groups excluding carboxylic acids is 2. The third-order valence-electron chi connectivity index (χ3n) is 6.16. The van der Waals surface area contributed by atoms with Gasteiger partial charge >= 0.3 is 0 Å². The Balaban J connectivity index is 1.29. The van der Waals surface area contributed by atoms with Crippen molar-refractivity contribution in [1.82, 2.24) is 14.5 Å². The van der Waals surface area contributed by atoms with Crippen LogP contribution in [0.4, 0.5) is 5.69 Å². The van der Waals surface area contributed by atoms with Crippen molar-refractivity contribution in [2.24, 2.45) is 5.92 Å². The highest BCUT2D eigenvalue weighted by atomic mass is 16.5. The molecule has 0 unspecified atom stereocenters. The first-order valence-electron chi connectivity index (χ1n) is 11.0. The molecule has 8 heteroatoms. The van der Waals surface area contributed by atoms with Crippen LogP contribution in [0.15, 0.2) is 71.7 Å². The molecule has 2 atom stereocenters. The number of pyridine rings is 2. The summed E-state index contributed by atoms with van der Waals surface area (Å²) in [6.45, 7) is 1.46. The van der Waals surface area contributed by atoms with Crippen molar-refractivity contribution in [3.8, 4) is 5.75 Å². The molecule has 1 fully saturated rings. The number of likely N-dealkylation sites (tertiary alicyclic amines) is 1. The minimum atomic E-state index is -0.389. The van der Waals surface area contributed by atoms with Crippen LogP contribution in [0.3, 0.4) is 0 Å². The Morgan fingerprint density at radius 2 is 1.82 bits per heavy atom. The summed E-state index contributed by atoms with van der Waals surface area (Å²) in [6, 6.07) is 17.9. The molecule has 0 radical (unpaired) electrons. The second-order valence-corrected chi connectivity index (χ2v) is 8.46. The second-order valence-electron chi connectivity index (χ2n) is 8.46. The van der Waals surface area contributed by atoms with Gasteiger partial charge in [0.1, 0.15) is 17.1 Å². The molecule has 4 heterocycles. The predicted octanol–water partition coefficient (Wildman–Crippen LogP) is 2.52.